The molecule has 2 N–H and O–H groups in total. The van der Waals surface area contributed by atoms with Crippen LogP contribution in [0.1, 0.15) is 71.6 Å². The van der Waals surface area contributed by atoms with Gasteiger partial charge in [-0.3, -0.25) is 4.79 Å². The Morgan fingerprint density at radius 2 is 1.60 bits per heavy atom. The van der Waals surface area contributed by atoms with Gasteiger partial charge in [-0.15, -0.1) is 0 Å². The molecule has 1 aromatic carbocycles. The van der Waals surface area contributed by atoms with Crippen LogP contribution >= 0.6 is 0 Å². The van der Waals surface area contributed by atoms with Crippen molar-refractivity contribution in [3.8, 4) is 5.75 Å². The SMILES string of the molecule is CC1C(c2cc(C(C)(C)C)c(O)c(C(C)(C)C)c2)=NOC1CC(=O)O. The lowest BCUT2D eigenvalue weighted by atomic mass is 9.77. The highest BCUT2D eigenvalue weighted by atomic mass is 16.6. The maximum Gasteiger partial charge on any atom is 0.307 e. The molecule has 2 unspecified atom stereocenters. The lowest BCUT2D eigenvalue weighted by molar-refractivity contribution is -0.140. The molecule has 1 aliphatic heterocycles. The van der Waals surface area contributed by atoms with E-state index in [2.05, 4.69) is 46.7 Å². The molecule has 0 fully saturated rings. The van der Waals surface area contributed by atoms with E-state index in [4.69, 9.17) is 9.94 Å². The Balaban J connectivity index is 2.54. The summed E-state index contributed by atoms with van der Waals surface area (Å²) in [6.07, 6.45) is -0.540. The van der Waals surface area contributed by atoms with E-state index >= 15 is 0 Å². The van der Waals surface area contributed by atoms with Crippen LogP contribution in [-0.4, -0.2) is 28.0 Å². The number of carbonyl (C=O) groups is 1. The first-order chi connectivity index (χ1) is 11.3. The highest BCUT2D eigenvalue weighted by Crippen LogP contribution is 2.41. The molecule has 5 nitrogen and oxygen atoms in total. The molecule has 25 heavy (non-hydrogen) atoms. The minimum absolute atomic E-state index is 0.0789. The van der Waals surface area contributed by atoms with Crippen LogP contribution in [0, 0.1) is 5.92 Å². The third-order valence-electron chi connectivity index (χ3n) is 4.67. The van der Waals surface area contributed by atoms with E-state index < -0.39 is 12.1 Å². The molecule has 0 bridgehead atoms. The molecule has 1 heterocycles. The first-order valence-corrected chi connectivity index (χ1v) is 8.66. The number of benzene rings is 1. The van der Waals surface area contributed by atoms with E-state index in [9.17, 15) is 9.90 Å². The Bertz CT molecular complexity index is 672. The number of aromatic hydroxyl groups is 1. The van der Waals surface area contributed by atoms with Crippen LogP contribution in [0.15, 0.2) is 17.3 Å². The molecule has 0 amide bonds. The van der Waals surface area contributed by atoms with Gasteiger partial charge in [-0.25, -0.2) is 0 Å². The van der Waals surface area contributed by atoms with Gasteiger partial charge in [0.25, 0.3) is 0 Å². The summed E-state index contributed by atoms with van der Waals surface area (Å²) < 4.78 is 0. The van der Waals surface area contributed by atoms with Crippen LogP contribution in [0.2, 0.25) is 0 Å². The second-order valence-electron chi connectivity index (χ2n) is 8.93. The van der Waals surface area contributed by atoms with E-state index in [1.807, 2.05) is 19.1 Å². The fourth-order valence-electron chi connectivity index (χ4n) is 3.10. The van der Waals surface area contributed by atoms with Crippen molar-refractivity contribution in [1.29, 1.82) is 0 Å². The Hall–Kier alpha value is -2.04. The zero-order valence-electron chi connectivity index (χ0n) is 16.2. The molecular formula is C20H29NO4. The number of phenols is 1. The van der Waals surface area contributed by atoms with Crippen molar-refractivity contribution < 1.29 is 19.8 Å². The molecule has 2 rings (SSSR count). The number of aliphatic carboxylic acids is 1. The zero-order valence-corrected chi connectivity index (χ0v) is 16.2. The molecule has 0 spiro atoms. The number of oxime groups is 1. The van der Waals surface area contributed by atoms with Crippen LogP contribution in [0.25, 0.3) is 0 Å². The maximum atomic E-state index is 11.0. The van der Waals surface area contributed by atoms with Gasteiger partial charge in [-0.05, 0) is 23.0 Å². The van der Waals surface area contributed by atoms with Crippen LogP contribution in [0.5, 0.6) is 5.75 Å². The summed E-state index contributed by atoms with van der Waals surface area (Å²) in [4.78, 5) is 16.4. The molecule has 0 radical (unpaired) electrons. The zero-order chi connectivity index (χ0) is 19.2. The minimum Gasteiger partial charge on any atom is -0.507 e. The summed E-state index contributed by atoms with van der Waals surface area (Å²) in [5, 5.41) is 24.0. The third kappa shape index (κ3) is 3.97. The van der Waals surface area contributed by atoms with Gasteiger partial charge in [-0.1, -0.05) is 53.6 Å². The molecule has 0 aromatic heterocycles. The summed E-state index contributed by atoms with van der Waals surface area (Å²) >= 11 is 0. The molecule has 1 aliphatic rings. The summed E-state index contributed by atoms with van der Waals surface area (Å²) in [6, 6.07) is 3.90. The largest absolute Gasteiger partial charge is 0.507 e. The number of hydrogen-bond donors (Lipinski definition) is 2. The van der Waals surface area contributed by atoms with Crippen molar-refractivity contribution in [3.05, 3.63) is 28.8 Å². The van der Waals surface area contributed by atoms with E-state index in [0.717, 1.165) is 22.4 Å². The number of phenolic OH excluding ortho intramolecular Hbond substituents is 1. The third-order valence-corrected chi connectivity index (χ3v) is 4.67. The molecule has 2 atom stereocenters. The van der Waals surface area contributed by atoms with Crippen molar-refractivity contribution >= 4 is 11.7 Å². The van der Waals surface area contributed by atoms with Crippen LogP contribution in [0.3, 0.4) is 0 Å². The molecule has 5 heteroatoms. The summed E-state index contributed by atoms with van der Waals surface area (Å²) in [6.45, 7) is 14.3. The maximum absolute atomic E-state index is 11.0. The average Bonchev–Trinajstić information content (AvgIpc) is 2.77. The van der Waals surface area contributed by atoms with E-state index in [-0.39, 0.29) is 23.2 Å². The van der Waals surface area contributed by atoms with Gasteiger partial charge in [0.2, 0.25) is 0 Å². The monoisotopic (exact) mass is 347 g/mol. The predicted molar refractivity (Wildman–Crippen MR) is 98.3 cm³/mol. The quantitative estimate of drug-likeness (QED) is 0.859. The fourth-order valence-corrected chi connectivity index (χ4v) is 3.10. The molecule has 0 saturated heterocycles. The van der Waals surface area contributed by atoms with Crippen molar-refractivity contribution in [2.24, 2.45) is 11.1 Å². The Kier molecular flexibility index (Phi) is 4.90. The lowest BCUT2D eigenvalue weighted by Gasteiger charge is -2.28. The first-order valence-electron chi connectivity index (χ1n) is 8.66. The topological polar surface area (TPSA) is 79.1 Å². The van der Waals surface area contributed by atoms with Crippen LogP contribution in [0.4, 0.5) is 0 Å². The van der Waals surface area contributed by atoms with Gasteiger partial charge in [-0.2, -0.15) is 0 Å². The first kappa shape index (κ1) is 19.3. The number of hydrogen-bond acceptors (Lipinski definition) is 4. The number of nitrogens with zero attached hydrogens (tertiary/aromatic N) is 1. The van der Waals surface area contributed by atoms with Crippen molar-refractivity contribution in [3.63, 3.8) is 0 Å². The average molecular weight is 347 g/mol. The Morgan fingerprint density at radius 1 is 1.12 bits per heavy atom. The Labute approximate surface area is 149 Å². The van der Waals surface area contributed by atoms with Crippen LogP contribution in [-0.2, 0) is 20.5 Å². The van der Waals surface area contributed by atoms with Crippen molar-refractivity contribution in [2.45, 2.75) is 71.8 Å². The van der Waals surface area contributed by atoms with Gasteiger partial charge in [0.1, 0.15) is 11.9 Å². The summed E-state index contributed by atoms with van der Waals surface area (Å²) in [5.74, 6) is -0.705. The highest BCUT2D eigenvalue weighted by Gasteiger charge is 2.35. The van der Waals surface area contributed by atoms with Gasteiger partial charge in [0.15, 0.2) is 0 Å². The predicted octanol–water partition coefficient (Wildman–Crippen LogP) is 4.20. The fraction of sp³-hybridized carbons (Fsp3) is 0.600. The molecule has 138 valence electrons. The summed E-state index contributed by atoms with van der Waals surface area (Å²) in [7, 11) is 0. The van der Waals surface area contributed by atoms with Gasteiger partial charge < -0.3 is 15.1 Å². The van der Waals surface area contributed by atoms with Crippen molar-refractivity contribution in [2.75, 3.05) is 0 Å². The van der Waals surface area contributed by atoms with Gasteiger partial charge in [0, 0.05) is 22.6 Å². The molecule has 1 aromatic rings. The minimum atomic E-state index is -0.898. The second kappa shape index (κ2) is 6.36. The normalized spacial score (nSPS) is 21.0. The number of carboxylic acid groups (broad SMARTS) is 1. The standard InChI is InChI=1S/C20H29NO4/c1-11-15(10-16(22)23)25-21-17(11)12-8-13(19(2,3)4)18(24)14(9-12)20(5,6)7/h8-9,11,15,24H,10H2,1-7H3,(H,22,23). The van der Waals surface area contributed by atoms with Crippen LogP contribution < -0.4 is 0 Å². The highest BCUT2D eigenvalue weighted by molar-refractivity contribution is 6.03. The van der Waals surface area contributed by atoms with Crippen molar-refractivity contribution in [1.82, 2.24) is 0 Å². The van der Waals surface area contributed by atoms with Gasteiger partial charge in [0.05, 0.1) is 12.1 Å². The number of rotatable bonds is 3. The molecule has 0 aliphatic carbocycles. The molecular weight excluding hydrogens is 318 g/mol. The van der Waals surface area contributed by atoms with E-state index in [1.54, 1.807) is 0 Å². The van der Waals surface area contributed by atoms with E-state index in [1.165, 1.54) is 0 Å². The second-order valence-corrected chi connectivity index (χ2v) is 8.93. The molecule has 0 saturated carbocycles. The summed E-state index contributed by atoms with van der Waals surface area (Å²) in [5.41, 5.74) is 2.86. The lowest BCUT2D eigenvalue weighted by Crippen LogP contribution is -2.25. The Morgan fingerprint density at radius 3 is 2.00 bits per heavy atom. The number of carboxylic acids is 1. The van der Waals surface area contributed by atoms with Gasteiger partial charge >= 0.3 is 5.97 Å². The smallest absolute Gasteiger partial charge is 0.307 e. The van der Waals surface area contributed by atoms with E-state index in [0.29, 0.717) is 5.75 Å².